The Balaban J connectivity index is 1.64. The normalized spacial score (nSPS) is 11.2. The van der Waals surface area contributed by atoms with Crippen molar-refractivity contribution in [2.45, 2.75) is 13.5 Å². The number of benzene rings is 4. The number of nitriles is 1. The topological polar surface area (TPSA) is 62.1 Å². The molecule has 0 saturated heterocycles. The van der Waals surface area contributed by atoms with Crippen molar-refractivity contribution in [1.82, 2.24) is 0 Å². The first-order valence-corrected chi connectivity index (χ1v) is 12.1. The number of aryl methyl sites for hydroxylation is 1. The summed E-state index contributed by atoms with van der Waals surface area (Å²) in [5.74, 6) is 0.0661. The van der Waals surface area contributed by atoms with Crippen molar-refractivity contribution in [1.29, 1.82) is 5.26 Å². The Morgan fingerprint density at radius 3 is 2.59 bits per heavy atom. The summed E-state index contributed by atoms with van der Waals surface area (Å²) in [6, 6.07) is 27.4. The van der Waals surface area contributed by atoms with Crippen LogP contribution in [0.3, 0.4) is 0 Å². The summed E-state index contributed by atoms with van der Waals surface area (Å²) in [6.07, 6.45) is 1.54. The van der Waals surface area contributed by atoms with Gasteiger partial charge in [-0.05, 0) is 75.1 Å². The molecule has 4 rings (SSSR count). The number of carbonyl (C=O) groups excluding carboxylic acids is 1. The SMILES string of the molecule is Cc1cccc(NC(=O)/C(C#N)=C/c2cc(Br)cc(Br)c2OCc2cccc3ccccc23)c1. The zero-order valence-corrected chi connectivity index (χ0v) is 21.5. The molecule has 0 fully saturated rings. The van der Waals surface area contributed by atoms with E-state index in [0.29, 0.717) is 28.1 Å². The molecule has 0 aromatic heterocycles. The highest BCUT2D eigenvalue weighted by Crippen LogP contribution is 2.35. The second kappa shape index (κ2) is 10.7. The molecule has 4 aromatic rings. The molecule has 4 nitrogen and oxygen atoms in total. The van der Waals surface area contributed by atoms with E-state index in [1.54, 1.807) is 12.1 Å². The van der Waals surface area contributed by atoms with Crippen molar-refractivity contribution in [3.8, 4) is 11.8 Å². The highest BCUT2D eigenvalue weighted by Gasteiger charge is 2.15. The molecule has 0 saturated carbocycles. The zero-order valence-electron chi connectivity index (χ0n) is 18.3. The molecule has 0 atom stereocenters. The Kier molecular flexibility index (Phi) is 7.46. The number of ether oxygens (including phenoxy) is 1. The van der Waals surface area contributed by atoms with Crippen molar-refractivity contribution in [2.24, 2.45) is 0 Å². The van der Waals surface area contributed by atoms with E-state index >= 15 is 0 Å². The van der Waals surface area contributed by atoms with Gasteiger partial charge < -0.3 is 10.1 Å². The van der Waals surface area contributed by atoms with Crippen molar-refractivity contribution in [3.63, 3.8) is 0 Å². The number of fused-ring (bicyclic) bond motifs is 1. The van der Waals surface area contributed by atoms with Gasteiger partial charge in [0.05, 0.1) is 4.47 Å². The quantitative estimate of drug-likeness (QED) is 0.188. The lowest BCUT2D eigenvalue weighted by atomic mass is 10.1. The summed E-state index contributed by atoms with van der Waals surface area (Å²) in [5.41, 5.74) is 3.27. The van der Waals surface area contributed by atoms with Gasteiger partial charge in [0.2, 0.25) is 0 Å². The van der Waals surface area contributed by atoms with Gasteiger partial charge in [0.25, 0.3) is 5.91 Å². The third-order valence-corrected chi connectivity index (χ3v) is 6.28. The molecule has 0 radical (unpaired) electrons. The number of amides is 1. The van der Waals surface area contributed by atoms with Crippen LogP contribution in [0.15, 0.2) is 93.4 Å². The molecule has 6 heteroatoms. The highest BCUT2D eigenvalue weighted by molar-refractivity contribution is 9.11. The predicted molar refractivity (Wildman–Crippen MR) is 144 cm³/mol. The van der Waals surface area contributed by atoms with Crippen LogP contribution in [0.4, 0.5) is 5.69 Å². The average molecular weight is 576 g/mol. The van der Waals surface area contributed by atoms with Gasteiger partial charge in [-0.1, -0.05) is 70.5 Å². The van der Waals surface area contributed by atoms with Gasteiger partial charge in [-0.3, -0.25) is 4.79 Å². The molecule has 168 valence electrons. The monoisotopic (exact) mass is 574 g/mol. The molecule has 1 amide bonds. The molecule has 0 bridgehead atoms. The van der Waals surface area contributed by atoms with Crippen LogP contribution in [0, 0.1) is 18.3 Å². The van der Waals surface area contributed by atoms with E-state index in [4.69, 9.17) is 4.74 Å². The van der Waals surface area contributed by atoms with E-state index < -0.39 is 5.91 Å². The Hall–Kier alpha value is -3.40. The third-order valence-electron chi connectivity index (χ3n) is 5.23. The van der Waals surface area contributed by atoms with E-state index in [1.165, 1.54) is 0 Å². The standard InChI is InChI=1S/C28H20Br2N2O2/c1-18-6-4-10-24(12-18)32-28(33)22(16-31)13-21-14-23(29)15-26(30)27(21)34-17-20-9-5-8-19-7-2-3-11-25(19)20/h2-15H,17H2,1H3,(H,32,33)/b22-13+. The summed E-state index contributed by atoms with van der Waals surface area (Å²) in [6.45, 7) is 2.27. The smallest absolute Gasteiger partial charge is 0.266 e. The molecular formula is C28H20Br2N2O2. The molecule has 4 aromatic carbocycles. The fourth-order valence-corrected chi connectivity index (χ4v) is 5.01. The minimum atomic E-state index is -0.482. The Morgan fingerprint density at radius 1 is 1.03 bits per heavy atom. The largest absolute Gasteiger partial charge is 0.487 e. The van der Waals surface area contributed by atoms with Crippen LogP contribution in [0.25, 0.3) is 16.8 Å². The van der Waals surface area contributed by atoms with Crippen LogP contribution in [-0.2, 0) is 11.4 Å². The molecule has 0 aliphatic rings. The molecule has 0 spiro atoms. The third kappa shape index (κ3) is 5.56. The minimum Gasteiger partial charge on any atom is -0.487 e. The summed E-state index contributed by atoms with van der Waals surface area (Å²) in [4.78, 5) is 12.8. The summed E-state index contributed by atoms with van der Waals surface area (Å²) in [7, 11) is 0. The van der Waals surface area contributed by atoms with Gasteiger partial charge in [0.15, 0.2) is 0 Å². The first-order valence-electron chi connectivity index (χ1n) is 10.5. The van der Waals surface area contributed by atoms with Gasteiger partial charge in [-0.15, -0.1) is 0 Å². The lowest BCUT2D eigenvalue weighted by Gasteiger charge is -2.14. The first-order chi connectivity index (χ1) is 16.4. The minimum absolute atomic E-state index is 0.0264. The van der Waals surface area contributed by atoms with Crippen LogP contribution in [-0.4, -0.2) is 5.91 Å². The maximum atomic E-state index is 12.8. The zero-order chi connectivity index (χ0) is 24.1. The Labute approximate surface area is 215 Å². The predicted octanol–water partition coefficient (Wildman–Crippen LogP) is 7.80. The van der Waals surface area contributed by atoms with Crippen molar-refractivity contribution < 1.29 is 9.53 Å². The first kappa shape index (κ1) is 23.7. The molecule has 0 unspecified atom stereocenters. The van der Waals surface area contributed by atoms with E-state index in [2.05, 4.69) is 55.4 Å². The number of rotatable bonds is 6. The lowest BCUT2D eigenvalue weighted by Crippen LogP contribution is -2.13. The molecule has 1 N–H and O–H groups in total. The molecule has 0 heterocycles. The van der Waals surface area contributed by atoms with Gasteiger partial charge in [0.1, 0.15) is 24.0 Å². The molecule has 0 aliphatic heterocycles. The number of anilines is 1. The Bertz CT molecular complexity index is 1450. The number of nitrogens with one attached hydrogen (secondary N) is 1. The number of hydrogen-bond donors (Lipinski definition) is 1. The van der Waals surface area contributed by atoms with E-state index in [1.807, 2.05) is 67.6 Å². The second-order valence-electron chi connectivity index (χ2n) is 7.73. The van der Waals surface area contributed by atoms with Gasteiger partial charge in [0, 0.05) is 15.7 Å². The summed E-state index contributed by atoms with van der Waals surface area (Å²) < 4.78 is 7.73. The average Bonchev–Trinajstić information content (AvgIpc) is 2.81. The van der Waals surface area contributed by atoms with Crippen LogP contribution in [0.5, 0.6) is 5.75 Å². The van der Waals surface area contributed by atoms with Crippen molar-refractivity contribution in [2.75, 3.05) is 5.32 Å². The van der Waals surface area contributed by atoms with Gasteiger partial charge >= 0.3 is 0 Å². The van der Waals surface area contributed by atoms with Crippen LogP contribution in [0.1, 0.15) is 16.7 Å². The van der Waals surface area contributed by atoms with Crippen LogP contribution in [0.2, 0.25) is 0 Å². The van der Waals surface area contributed by atoms with Gasteiger partial charge in [-0.25, -0.2) is 0 Å². The van der Waals surface area contributed by atoms with E-state index in [0.717, 1.165) is 26.4 Å². The van der Waals surface area contributed by atoms with Crippen molar-refractivity contribution in [3.05, 3.63) is 110 Å². The molecular weight excluding hydrogens is 556 g/mol. The second-order valence-corrected chi connectivity index (χ2v) is 9.50. The molecule has 0 aliphatic carbocycles. The van der Waals surface area contributed by atoms with E-state index in [9.17, 15) is 10.1 Å². The maximum absolute atomic E-state index is 12.8. The fraction of sp³-hybridized carbons (Fsp3) is 0.0714. The fourth-order valence-electron chi connectivity index (χ4n) is 3.63. The summed E-state index contributed by atoms with van der Waals surface area (Å²) in [5, 5.41) is 14.7. The summed E-state index contributed by atoms with van der Waals surface area (Å²) >= 11 is 7.05. The van der Waals surface area contributed by atoms with Crippen molar-refractivity contribution >= 4 is 60.3 Å². The maximum Gasteiger partial charge on any atom is 0.266 e. The number of nitrogens with zero attached hydrogens (tertiary/aromatic N) is 1. The lowest BCUT2D eigenvalue weighted by molar-refractivity contribution is -0.112. The number of hydrogen-bond acceptors (Lipinski definition) is 3. The van der Waals surface area contributed by atoms with Gasteiger partial charge in [-0.2, -0.15) is 5.26 Å². The van der Waals surface area contributed by atoms with Crippen LogP contribution < -0.4 is 10.1 Å². The number of halogens is 2. The highest BCUT2D eigenvalue weighted by atomic mass is 79.9. The van der Waals surface area contributed by atoms with Crippen LogP contribution >= 0.6 is 31.9 Å². The number of carbonyl (C=O) groups is 1. The van der Waals surface area contributed by atoms with E-state index in [-0.39, 0.29) is 5.57 Å². The Morgan fingerprint density at radius 2 is 1.79 bits per heavy atom. The molecule has 34 heavy (non-hydrogen) atoms.